The molecule has 0 aliphatic heterocycles. The summed E-state index contributed by atoms with van der Waals surface area (Å²) < 4.78 is 5.46. The van der Waals surface area contributed by atoms with Gasteiger partial charge in [0.25, 0.3) is 0 Å². The van der Waals surface area contributed by atoms with Crippen LogP contribution >= 0.6 is 0 Å². The Balaban J connectivity index is 2.07. The molecule has 4 nitrogen and oxygen atoms in total. The second-order valence-electron chi connectivity index (χ2n) is 5.20. The highest BCUT2D eigenvalue weighted by Crippen LogP contribution is 2.06. The van der Waals surface area contributed by atoms with Gasteiger partial charge in [0, 0.05) is 6.54 Å². The minimum absolute atomic E-state index is 0.230. The van der Waals surface area contributed by atoms with Crippen LogP contribution in [0.25, 0.3) is 0 Å². The smallest absolute Gasteiger partial charge is 0.0933 e. The molecule has 0 radical (unpaired) electrons. The maximum Gasteiger partial charge on any atom is 0.0933 e. The van der Waals surface area contributed by atoms with E-state index in [9.17, 15) is 5.11 Å². The summed E-state index contributed by atoms with van der Waals surface area (Å²) in [5, 5.41) is 9.64. The number of hydrogen-bond donors (Lipinski definition) is 2. The molecule has 1 rings (SSSR count). The predicted octanol–water partition coefficient (Wildman–Crippen LogP) is 1.88. The lowest BCUT2D eigenvalue weighted by Gasteiger charge is -2.22. The lowest BCUT2D eigenvalue weighted by molar-refractivity contribution is -0.0649. The first-order valence-corrected chi connectivity index (χ1v) is 6.18. The maximum atomic E-state index is 9.64. The normalized spacial score (nSPS) is 13.6. The monoisotopic (exact) mass is 253 g/mol. The van der Waals surface area contributed by atoms with E-state index >= 15 is 0 Å². The van der Waals surface area contributed by atoms with Crippen LogP contribution in [-0.2, 0) is 16.2 Å². The van der Waals surface area contributed by atoms with Crippen LogP contribution in [0.4, 0.5) is 0 Å². The minimum atomic E-state index is -0.569. The van der Waals surface area contributed by atoms with Crippen molar-refractivity contribution in [2.75, 3.05) is 13.2 Å². The van der Waals surface area contributed by atoms with Crippen LogP contribution in [0.5, 0.6) is 0 Å². The van der Waals surface area contributed by atoms with Gasteiger partial charge in [0.1, 0.15) is 0 Å². The number of ether oxygens (including phenoxy) is 1. The van der Waals surface area contributed by atoms with Crippen LogP contribution in [0.1, 0.15) is 26.3 Å². The van der Waals surface area contributed by atoms with E-state index in [0.717, 1.165) is 5.56 Å². The van der Waals surface area contributed by atoms with E-state index in [-0.39, 0.29) is 5.60 Å². The first-order chi connectivity index (χ1) is 8.47. The van der Waals surface area contributed by atoms with E-state index in [1.54, 1.807) is 0 Å². The molecule has 0 aromatic heterocycles. The van der Waals surface area contributed by atoms with Crippen molar-refractivity contribution in [2.24, 2.45) is 0 Å². The quantitative estimate of drug-likeness (QED) is 0.575. The fourth-order valence-corrected chi connectivity index (χ4v) is 1.27. The number of aliphatic hydroxyl groups is 1. The van der Waals surface area contributed by atoms with Gasteiger partial charge in [-0.2, -0.15) is 5.48 Å². The van der Waals surface area contributed by atoms with Crippen LogP contribution in [0, 0.1) is 0 Å². The van der Waals surface area contributed by atoms with Gasteiger partial charge in [0.2, 0.25) is 0 Å². The Bertz CT molecular complexity index is 322. The van der Waals surface area contributed by atoms with Gasteiger partial charge >= 0.3 is 0 Å². The SMILES string of the molecule is CC(C)(C)OCC(O)CNOCc1ccccc1. The minimum Gasteiger partial charge on any atom is -0.389 e. The fraction of sp³-hybridized carbons (Fsp3) is 0.571. The van der Waals surface area contributed by atoms with Crippen molar-refractivity contribution >= 4 is 0 Å². The van der Waals surface area contributed by atoms with Crippen LogP contribution in [0.3, 0.4) is 0 Å². The Morgan fingerprint density at radius 2 is 1.89 bits per heavy atom. The van der Waals surface area contributed by atoms with Gasteiger partial charge in [0.05, 0.1) is 24.9 Å². The molecule has 0 aliphatic carbocycles. The van der Waals surface area contributed by atoms with Crippen molar-refractivity contribution in [3.8, 4) is 0 Å². The van der Waals surface area contributed by atoms with Crippen molar-refractivity contribution in [2.45, 2.75) is 39.1 Å². The molecule has 2 N–H and O–H groups in total. The van der Waals surface area contributed by atoms with Gasteiger partial charge in [-0.05, 0) is 26.3 Å². The Labute approximate surface area is 109 Å². The Morgan fingerprint density at radius 3 is 2.50 bits per heavy atom. The third kappa shape index (κ3) is 7.40. The van der Waals surface area contributed by atoms with Crippen molar-refractivity contribution in [1.82, 2.24) is 5.48 Å². The lowest BCUT2D eigenvalue weighted by atomic mass is 10.2. The molecule has 0 spiro atoms. The molecular formula is C14H23NO3. The van der Waals surface area contributed by atoms with Crippen LogP contribution < -0.4 is 5.48 Å². The highest BCUT2D eigenvalue weighted by molar-refractivity contribution is 5.13. The van der Waals surface area contributed by atoms with Crippen molar-refractivity contribution < 1.29 is 14.7 Å². The van der Waals surface area contributed by atoms with Gasteiger partial charge in [0.15, 0.2) is 0 Å². The zero-order valence-corrected chi connectivity index (χ0v) is 11.3. The molecule has 0 amide bonds. The predicted molar refractivity (Wildman–Crippen MR) is 70.9 cm³/mol. The molecular weight excluding hydrogens is 230 g/mol. The van der Waals surface area contributed by atoms with Crippen LogP contribution in [0.2, 0.25) is 0 Å². The molecule has 0 saturated heterocycles. The van der Waals surface area contributed by atoms with E-state index in [2.05, 4.69) is 5.48 Å². The van der Waals surface area contributed by atoms with E-state index in [4.69, 9.17) is 9.57 Å². The molecule has 1 unspecified atom stereocenters. The lowest BCUT2D eigenvalue weighted by Crippen LogP contribution is -2.33. The Hall–Kier alpha value is -0.940. The van der Waals surface area contributed by atoms with E-state index in [0.29, 0.717) is 19.8 Å². The highest BCUT2D eigenvalue weighted by Gasteiger charge is 2.13. The van der Waals surface area contributed by atoms with E-state index < -0.39 is 6.10 Å². The number of nitrogens with one attached hydrogen (secondary N) is 1. The van der Waals surface area contributed by atoms with Crippen LogP contribution in [0.15, 0.2) is 30.3 Å². The standard InChI is InChI=1S/C14H23NO3/c1-14(2,3)17-11-13(16)9-15-18-10-12-7-5-4-6-8-12/h4-8,13,15-16H,9-11H2,1-3H3. The summed E-state index contributed by atoms with van der Waals surface area (Å²) in [5.41, 5.74) is 3.60. The molecule has 1 aromatic carbocycles. The molecule has 102 valence electrons. The molecule has 0 saturated carbocycles. The van der Waals surface area contributed by atoms with Crippen molar-refractivity contribution in [3.05, 3.63) is 35.9 Å². The Morgan fingerprint density at radius 1 is 1.22 bits per heavy atom. The summed E-state index contributed by atoms with van der Waals surface area (Å²) in [6.07, 6.45) is -0.569. The summed E-state index contributed by atoms with van der Waals surface area (Å²) in [4.78, 5) is 5.26. The topological polar surface area (TPSA) is 50.7 Å². The number of hydroxylamine groups is 1. The van der Waals surface area contributed by atoms with E-state index in [1.165, 1.54) is 0 Å². The number of benzene rings is 1. The molecule has 0 bridgehead atoms. The zero-order chi connectivity index (χ0) is 13.4. The highest BCUT2D eigenvalue weighted by atomic mass is 16.6. The summed E-state index contributed by atoms with van der Waals surface area (Å²) >= 11 is 0. The second kappa shape index (κ2) is 7.48. The Kier molecular flexibility index (Phi) is 6.29. The summed E-state index contributed by atoms with van der Waals surface area (Å²) in [6, 6.07) is 9.86. The fourth-order valence-electron chi connectivity index (χ4n) is 1.27. The van der Waals surface area contributed by atoms with E-state index in [1.807, 2.05) is 51.1 Å². The number of aliphatic hydroxyl groups excluding tert-OH is 1. The van der Waals surface area contributed by atoms with Crippen molar-refractivity contribution in [3.63, 3.8) is 0 Å². The average molecular weight is 253 g/mol. The summed E-state index contributed by atoms with van der Waals surface area (Å²) in [6.45, 7) is 7.00. The second-order valence-corrected chi connectivity index (χ2v) is 5.20. The average Bonchev–Trinajstić information content (AvgIpc) is 2.33. The molecule has 0 heterocycles. The van der Waals surface area contributed by atoms with Crippen molar-refractivity contribution in [1.29, 1.82) is 0 Å². The molecule has 0 aliphatic rings. The number of rotatable bonds is 7. The van der Waals surface area contributed by atoms with Crippen LogP contribution in [-0.4, -0.2) is 30.0 Å². The zero-order valence-electron chi connectivity index (χ0n) is 11.3. The molecule has 0 fully saturated rings. The first-order valence-electron chi connectivity index (χ1n) is 6.18. The molecule has 1 aromatic rings. The summed E-state index contributed by atoms with van der Waals surface area (Å²) in [5.74, 6) is 0. The summed E-state index contributed by atoms with van der Waals surface area (Å²) in [7, 11) is 0. The number of hydrogen-bond acceptors (Lipinski definition) is 4. The van der Waals surface area contributed by atoms with Gasteiger partial charge in [-0.15, -0.1) is 0 Å². The largest absolute Gasteiger partial charge is 0.389 e. The van der Waals surface area contributed by atoms with Gasteiger partial charge < -0.3 is 9.84 Å². The van der Waals surface area contributed by atoms with Gasteiger partial charge in [-0.3, -0.25) is 4.84 Å². The maximum absolute atomic E-state index is 9.64. The molecule has 1 atom stereocenters. The molecule has 18 heavy (non-hydrogen) atoms. The first kappa shape index (κ1) is 15.1. The third-order valence-electron chi connectivity index (χ3n) is 2.21. The van der Waals surface area contributed by atoms with Gasteiger partial charge in [-0.25, -0.2) is 0 Å². The van der Waals surface area contributed by atoms with Gasteiger partial charge in [-0.1, -0.05) is 30.3 Å². The third-order valence-corrected chi connectivity index (χ3v) is 2.21. The molecule has 4 heteroatoms.